The molecule has 6 rings (SSSR count). The summed E-state index contributed by atoms with van der Waals surface area (Å²) in [5.41, 5.74) is -2.33. The summed E-state index contributed by atoms with van der Waals surface area (Å²) in [5.74, 6) is -8.76. The maximum absolute atomic E-state index is 11.8. The number of rotatable bonds is 13. The summed E-state index contributed by atoms with van der Waals surface area (Å²) in [6, 6.07) is 12.4. The predicted molar refractivity (Wildman–Crippen MR) is 201 cm³/mol. The Labute approximate surface area is 327 Å². The Morgan fingerprint density at radius 2 is 1.17 bits per heavy atom. The minimum Gasteiger partial charge on any atom is -0.492 e. The van der Waals surface area contributed by atoms with Crippen LogP contribution in [0.2, 0.25) is 0 Å². The van der Waals surface area contributed by atoms with Gasteiger partial charge >= 0.3 is 29.8 Å². The van der Waals surface area contributed by atoms with Gasteiger partial charge in [-0.1, -0.05) is 50.3 Å². The van der Waals surface area contributed by atoms with Gasteiger partial charge in [0.25, 0.3) is 11.1 Å². The monoisotopic (exact) mass is 809 g/mol. The Balaban J connectivity index is 1.47. The third kappa shape index (κ3) is 8.52. The minimum atomic E-state index is -1.44. The molecule has 0 atom stereocenters. The summed E-state index contributed by atoms with van der Waals surface area (Å²) < 4.78 is 0.855. The summed E-state index contributed by atoms with van der Waals surface area (Å²) in [7, 11) is 0. The van der Waals surface area contributed by atoms with Crippen LogP contribution in [0, 0.1) is 0 Å². The van der Waals surface area contributed by atoms with Crippen molar-refractivity contribution in [3.8, 4) is 22.4 Å². The van der Waals surface area contributed by atoms with Gasteiger partial charge in [-0.2, -0.15) is 24.7 Å². The van der Waals surface area contributed by atoms with E-state index in [1.165, 1.54) is 6.07 Å². The first-order chi connectivity index (χ1) is 27.4. The van der Waals surface area contributed by atoms with E-state index in [0.29, 0.717) is 5.56 Å². The zero-order chi connectivity index (χ0) is 42.1. The molecule has 0 spiro atoms. The van der Waals surface area contributed by atoms with E-state index in [4.69, 9.17) is 0 Å². The van der Waals surface area contributed by atoms with Crippen molar-refractivity contribution < 1.29 is 54.6 Å². The molecule has 0 aliphatic rings. The van der Waals surface area contributed by atoms with Crippen LogP contribution < -0.4 is 10.6 Å². The number of carboxylic acid groups (broad SMARTS) is 5. The molecular formula is C35H27N11O11S. The second-order valence-corrected chi connectivity index (χ2v) is 13.9. The van der Waals surface area contributed by atoms with Crippen LogP contribution in [-0.4, -0.2) is 95.4 Å². The van der Waals surface area contributed by atoms with Crippen molar-refractivity contribution in [2.45, 2.75) is 26.2 Å². The molecule has 294 valence electrons. The molecule has 0 saturated heterocycles. The molecule has 23 heteroatoms. The number of aromatic carboxylic acids is 5. The fourth-order valence-corrected chi connectivity index (χ4v) is 5.88. The highest BCUT2D eigenvalue weighted by Crippen LogP contribution is 2.41. The molecule has 0 aliphatic heterocycles. The van der Waals surface area contributed by atoms with E-state index in [0.717, 1.165) is 52.4 Å². The maximum Gasteiger partial charge on any atom is 0.336 e. The quantitative estimate of drug-likeness (QED) is 0.0622. The zero-order valence-electron chi connectivity index (χ0n) is 29.9. The zero-order valence-corrected chi connectivity index (χ0v) is 30.7. The summed E-state index contributed by atoms with van der Waals surface area (Å²) in [5, 5.41) is 86.0. The van der Waals surface area contributed by atoms with Crippen LogP contribution in [0.3, 0.4) is 0 Å². The molecule has 0 unspecified atom stereocenters. The number of hydrogen-bond donors (Lipinski definition) is 8. The Bertz CT molecular complexity index is 2540. The lowest BCUT2D eigenvalue weighted by Crippen LogP contribution is -2.14. The summed E-state index contributed by atoms with van der Waals surface area (Å²) in [6.07, 6.45) is 0. The van der Waals surface area contributed by atoms with Crippen molar-refractivity contribution in [3.63, 3.8) is 0 Å². The number of hydrogen-bond acceptors (Lipinski definition) is 17. The number of aromatic nitrogens is 7. The SMILES string of the molecule is CC(C)(C)c1nn(-c2nc(Nc3cc(C(=O)O)cc(C(=O)O)c3)nc(Nc3cc(C(=O)O)cc(C(=O)O)c3)n2)c(O)c1N=Nc1nnc(-c2ccccc2C(=O)O)s1. The fraction of sp³-hybridized carbons (Fsp3) is 0.114. The number of azo groups is 1. The van der Waals surface area contributed by atoms with Crippen LogP contribution >= 0.6 is 11.3 Å². The largest absolute Gasteiger partial charge is 0.492 e. The van der Waals surface area contributed by atoms with Gasteiger partial charge in [0.05, 0.1) is 33.5 Å². The number of nitrogens with zero attached hydrogens (tertiary/aromatic N) is 9. The number of carboxylic acids is 5. The molecule has 0 aliphatic carbocycles. The van der Waals surface area contributed by atoms with Crippen LogP contribution in [0.5, 0.6) is 5.88 Å². The highest BCUT2D eigenvalue weighted by Gasteiger charge is 2.30. The molecule has 22 nitrogen and oxygen atoms in total. The molecule has 0 saturated carbocycles. The molecule has 3 aromatic carbocycles. The Morgan fingerprint density at radius 3 is 1.64 bits per heavy atom. The Hall–Kier alpha value is -8.21. The first kappa shape index (κ1) is 39.5. The van der Waals surface area contributed by atoms with Gasteiger partial charge in [0.15, 0.2) is 5.69 Å². The average molecular weight is 810 g/mol. The van der Waals surface area contributed by atoms with Gasteiger partial charge in [-0.05, 0) is 42.5 Å². The number of benzene rings is 3. The maximum atomic E-state index is 11.8. The van der Waals surface area contributed by atoms with Gasteiger partial charge in [0.1, 0.15) is 5.01 Å². The van der Waals surface area contributed by atoms with Gasteiger partial charge in [-0.3, -0.25) is 0 Å². The third-order valence-electron chi connectivity index (χ3n) is 7.76. The first-order valence-electron chi connectivity index (χ1n) is 16.3. The van der Waals surface area contributed by atoms with E-state index in [1.807, 2.05) is 0 Å². The second kappa shape index (κ2) is 15.5. The Morgan fingerprint density at radius 1 is 0.672 bits per heavy atom. The Kier molecular flexibility index (Phi) is 10.6. The number of carbonyl (C=O) groups is 5. The van der Waals surface area contributed by atoms with Crippen molar-refractivity contribution in [2.75, 3.05) is 10.6 Å². The fourth-order valence-electron chi connectivity index (χ4n) is 5.17. The molecule has 58 heavy (non-hydrogen) atoms. The van der Waals surface area contributed by atoms with Crippen molar-refractivity contribution >= 4 is 75.3 Å². The molecule has 3 aromatic heterocycles. The van der Waals surface area contributed by atoms with E-state index in [1.54, 1.807) is 39.0 Å². The predicted octanol–water partition coefficient (Wildman–Crippen LogP) is 5.97. The minimum absolute atomic E-state index is 0.00558. The molecule has 0 bridgehead atoms. The topological polar surface area (TPSA) is 338 Å². The lowest BCUT2D eigenvalue weighted by atomic mass is 9.91. The van der Waals surface area contributed by atoms with Gasteiger partial charge in [0, 0.05) is 22.4 Å². The van der Waals surface area contributed by atoms with Crippen LogP contribution in [0.25, 0.3) is 16.5 Å². The van der Waals surface area contributed by atoms with E-state index >= 15 is 0 Å². The highest BCUT2D eigenvalue weighted by atomic mass is 32.1. The van der Waals surface area contributed by atoms with Crippen molar-refractivity contribution in [2.24, 2.45) is 10.2 Å². The summed E-state index contributed by atoms with van der Waals surface area (Å²) in [6.45, 7) is 5.26. The van der Waals surface area contributed by atoms with Crippen LogP contribution in [0.1, 0.15) is 78.3 Å². The van der Waals surface area contributed by atoms with Crippen LogP contribution in [0.4, 0.5) is 34.1 Å². The third-order valence-corrected chi connectivity index (χ3v) is 8.60. The molecule has 0 fully saturated rings. The van der Waals surface area contributed by atoms with Gasteiger partial charge < -0.3 is 41.3 Å². The van der Waals surface area contributed by atoms with Gasteiger partial charge in [-0.25, -0.2) is 24.0 Å². The lowest BCUT2D eigenvalue weighted by Gasteiger charge is -2.15. The number of nitrogens with one attached hydrogen (secondary N) is 2. The summed E-state index contributed by atoms with van der Waals surface area (Å²) >= 11 is 0.924. The average Bonchev–Trinajstić information content (AvgIpc) is 3.77. The number of aromatic hydroxyl groups is 1. The van der Waals surface area contributed by atoms with Crippen LogP contribution in [0.15, 0.2) is 70.9 Å². The molecule has 3 heterocycles. The van der Waals surface area contributed by atoms with Gasteiger partial charge in [-0.15, -0.1) is 20.4 Å². The highest BCUT2D eigenvalue weighted by molar-refractivity contribution is 7.18. The smallest absolute Gasteiger partial charge is 0.336 e. The van der Waals surface area contributed by atoms with Crippen molar-refractivity contribution in [3.05, 3.63) is 94.2 Å². The molecule has 0 radical (unpaired) electrons. The number of anilines is 4. The standard InChI is InChI=1S/C35H27N11O11S/c1-35(2,3)23-22(41-43-34-44-42-24(58-34)20-6-4-5-7-21(20)30(56)57)25(47)46(45-23)33-39-31(36-18-10-14(26(48)49)8-15(11-18)27(50)51)38-32(40-33)37-19-12-16(28(52)53)9-17(13-19)29(54)55/h4-13,47H,1-3H3,(H,48,49)(H,50,51)(H,52,53)(H,54,55)(H,56,57)(H2,36,37,38,39,40). The van der Waals surface area contributed by atoms with Crippen molar-refractivity contribution in [1.29, 1.82) is 0 Å². The van der Waals surface area contributed by atoms with E-state index in [-0.39, 0.29) is 50.4 Å². The normalized spacial score (nSPS) is 11.4. The van der Waals surface area contributed by atoms with E-state index in [9.17, 15) is 54.6 Å². The molecule has 0 amide bonds. The van der Waals surface area contributed by atoms with E-state index in [2.05, 4.69) is 51.1 Å². The summed E-state index contributed by atoms with van der Waals surface area (Å²) in [4.78, 5) is 71.7. The first-order valence-corrected chi connectivity index (χ1v) is 17.1. The molecule has 6 aromatic rings. The molecule has 8 N–H and O–H groups in total. The molecular weight excluding hydrogens is 783 g/mol. The van der Waals surface area contributed by atoms with Crippen LogP contribution in [-0.2, 0) is 5.41 Å². The van der Waals surface area contributed by atoms with Crippen molar-refractivity contribution in [1.82, 2.24) is 34.9 Å². The van der Waals surface area contributed by atoms with E-state index < -0.39 is 69.3 Å². The lowest BCUT2D eigenvalue weighted by molar-refractivity contribution is 0.0676. The van der Waals surface area contributed by atoms with Gasteiger partial charge in [0.2, 0.25) is 17.8 Å². The second-order valence-electron chi connectivity index (χ2n) is 13.0.